The fourth-order valence-corrected chi connectivity index (χ4v) is 3.16. The van der Waals surface area contributed by atoms with Gasteiger partial charge in [0.15, 0.2) is 0 Å². The van der Waals surface area contributed by atoms with E-state index in [1.165, 1.54) is 7.11 Å². The van der Waals surface area contributed by atoms with Gasteiger partial charge in [-0.2, -0.15) is 0 Å². The van der Waals surface area contributed by atoms with Crippen molar-refractivity contribution in [3.63, 3.8) is 0 Å². The van der Waals surface area contributed by atoms with Crippen LogP contribution in [0.1, 0.15) is 6.42 Å². The lowest BCUT2D eigenvalue weighted by Crippen LogP contribution is -2.28. The summed E-state index contributed by atoms with van der Waals surface area (Å²) >= 11 is 6.08. The predicted molar refractivity (Wildman–Crippen MR) is 100 cm³/mol. The van der Waals surface area contributed by atoms with Gasteiger partial charge in [0.25, 0.3) is 0 Å². The minimum Gasteiger partial charge on any atom is -0.497 e. The maximum atomic E-state index is 12.5. The molecule has 1 fully saturated rings. The summed E-state index contributed by atoms with van der Waals surface area (Å²) < 4.78 is 10.3. The number of anilines is 2. The van der Waals surface area contributed by atoms with Crippen LogP contribution in [0.5, 0.6) is 11.5 Å². The minimum atomic E-state index is -0.436. The van der Waals surface area contributed by atoms with Gasteiger partial charge < -0.3 is 19.7 Å². The number of methoxy groups -OCH3 is 2. The molecule has 0 bridgehead atoms. The van der Waals surface area contributed by atoms with Crippen molar-refractivity contribution < 1.29 is 19.1 Å². The van der Waals surface area contributed by atoms with Crippen molar-refractivity contribution in [3.05, 3.63) is 47.5 Å². The average molecular weight is 375 g/mol. The number of carbonyl (C=O) groups excluding carboxylic acids is 2. The Balaban J connectivity index is 1.69. The zero-order valence-electron chi connectivity index (χ0n) is 14.5. The van der Waals surface area contributed by atoms with Crippen molar-refractivity contribution >= 4 is 34.8 Å². The van der Waals surface area contributed by atoms with E-state index in [1.54, 1.807) is 36.3 Å². The fraction of sp³-hybridized carbons (Fsp3) is 0.263. The lowest BCUT2D eigenvalue weighted by atomic mass is 10.1. The highest BCUT2D eigenvalue weighted by molar-refractivity contribution is 6.32. The number of nitrogens with zero attached hydrogens (tertiary/aromatic N) is 1. The Morgan fingerprint density at radius 1 is 1.19 bits per heavy atom. The van der Waals surface area contributed by atoms with Crippen molar-refractivity contribution in [1.82, 2.24) is 0 Å². The molecule has 136 valence electrons. The van der Waals surface area contributed by atoms with E-state index in [-0.39, 0.29) is 18.2 Å². The van der Waals surface area contributed by atoms with Crippen molar-refractivity contribution in [2.45, 2.75) is 6.42 Å². The lowest BCUT2D eigenvalue weighted by molar-refractivity contribution is -0.122. The van der Waals surface area contributed by atoms with E-state index >= 15 is 0 Å². The molecule has 2 aromatic carbocycles. The molecule has 0 saturated carbocycles. The number of hydrogen-bond acceptors (Lipinski definition) is 4. The van der Waals surface area contributed by atoms with Crippen LogP contribution in [0, 0.1) is 5.92 Å². The molecule has 1 aliphatic rings. The molecule has 1 unspecified atom stereocenters. The number of hydrogen-bond donors (Lipinski definition) is 1. The number of carbonyl (C=O) groups is 2. The van der Waals surface area contributed by atoms with Gasteiger partial charge in [0.2, 0.25) is 11.8 Å². The maximum Gasteiger partial charge on any atom is 0.229 e. The van der Waals surface area contributed by atoms with Gasteiger partial charge in [-0.05, 0) is 30.3 Å². The maximum absolute atomic E-state index is 12.5. The summed E-state index contributed by atoms with van der Waals surface area (Å²) in [5.74, 6) is 0.451. The Hall–Kier alpha value is -2.73. The van der Waals surface area contributed by atoms with E-state index in [0.29, 0.717) is 28.8 Å². The highest BCUT2D eigenvalue weighted by Crippen LogP contribution is 2.30. The molecule has 1 N–H and O–H groups in total. The Labute approximate surface area is 156 Å². The van der Waals surface area contributed by atoms with E-state index in [1.807, 2.05) is 18.2 Å². The molecule has 1 heterocycles. The van der Waals surface area contributed by atoms with Crippen LogP contribution in [-0.4, -0.2) is 32.6 Å². The van der Waals surface area contributed by atoms with E-state index in [9.17, 15) is 9.59 Å². The first-order valence-corrected chi connectivity index (χ1v) is 8.48. The number of amides is 2. The summed E-state index contributed by atoms with van der Waals surface area (Å²) in [6.45, 7) is 0.321. The summed E-state index contributed by atoms with van der Waals surface area (Å²) in [6, 6.07) is 12.2. The molecule has 2 aromatic rings. The second-order valence-electron chi connectivity index (χ2n) is 5.95. The monoisotopic (exact) mass is 374 g/mol. The molecule has 3 rings (SSSR count). The highest BCUT2D eigenvalue weighted by Gasteiger charge is 2.35. The van der Waals surface area contributed by atoms with Gasteiger partial charge in [0, 0.05) is 30.4 Å². The SMILES string of the molecule is COc1cccc(N2CC(C(=O)Nc3ccc(OC)c(Cl)c3)CC2=O)c1. The summed E-state index contributed by atoms with van der Waals surface area (Å²) in [5.41, 5.74) is 1.28. The quantitative estimate of drug-likeness (QED) is 0.871. The number of rotatable bonds is 5. The van der Waals surface area contributed by atoms with Crippen LogP contribution in [-0.2, 0) is 9.59 Å². The van der Waals surface area contributed by atoms with Crippen LogP contribution in [0.25, 0.3) is 0 Å². The Morgan fingerprint density at radius 2 is 2.00 bits per heavy atom. The van der Waals surface area contributed by atoms with Crippen LogP contribution in [0.3, 0.4) is 0 Å². The second-order valence-corrected chi connectivity index (χ2v) is 6.35. The van der Waals surface area contributed by atoms with Crippen LogP contribution in [0.15, 0.2) is 42.5 Å². The number of halogens is 1. The summed E-state index contributed by atoms with van der Waals surface area (Å²) in [4.78, 5) is 26.5. The molecule has 0 aromatic heterocycles. The smallest absolute Gasteiger partial charge is 0.229 e. The average Bonchev–Trinajstić information content (AvgIpc) is 3.04. The first-order valence-electron chi connectivity index (χ1n) is 8.10. The molecule has 26 heavy (non-hydrogen) atoms. The van der Waals surface area contributed by atoms with Crippen LogP contribution >= 0.6 is 11.6 Å². The molecule has 6 nitrogen and oxygen atoms in total. The third kappa shape index (κ3) is 3.75. The van der Waals surface area contributed by atoms with E-state index in [0.717, 1.165) is 5.69 Å². The number of nitrogens with one attached hydrogen (secondary N) is 1. The molecule has 0 aliphatic carbocycles. The first kappa shape index (κ1) is 18.1. The number of benzene rings is 2. The molecule has 2 amide bonds. The van der Waals surface area contributed by atoms with Gasteiger partial charge in [-0.1, -0.05) is 17.7 Å². The third-order valence-corrected chi connectivity index (χ3v) is 4.58. The summed E-state index contributed by atoms with van der Waals surface area (Å²) in [6.07, 6.45) is 0.160. The van der Waals surface area contributed by atoms with Crippen molar-refractivity contribution in [2.24, 2.45) is 5.92 Å². The molecule has 1 aliphatic heterocycles. The van der Waals surface area contributed by atoms with Crippen LogP contribution in [0.2, 0.25) is 5.02 Å². The highest BCUT2D eigenvalue weighted by atomic mass is 35.5. The topological polar surface area (TPSA) is 67.9 Å². The molecule has 1 atom stereocenters. The van der Waals surface area contributed by atoms with E-state index in [2.05, 4.69) is 5.32 Å². The normalized spacial score (nSPS) is 16.5. The van der Waals surface area contributed by atoms with Crippen molar-refractivity contribution in [1.29, 1.82) is 0 Å². The van der Waals surface area contributed by atoms with Crippen LogP contribution < -0.4 is 19.7 Å². The lowest BCUT2D eigenvalue weighted by Gasteiger charge is -2.17. The van der Waals surface area contributed by atoms with Crippen molar-refractivity contribution in [2.75, 3.05) is 31.0 Å². The van der Waals surface area contributed by atoms with Gasteiger partial charge in [-0.15, -0.1) is 0 Å². The Bertz CT molecular complexity index is 840. The van der Waals surface area contributed by atoms with Gasteiger partial charge in [-0.3, -0.25) is 9.59 Å². The number of ether oxygens (including phenoxy) is 2. The second kappa shape index (κ2) is 7.66. The van der Waals surface area contributed by atoms with Crippen molar-refractivity contribution in [3.8, 4) is 11.5 Å². The largest absolute Gasteiger partial charge is 0.497 e. The van der Waals surface area contributed by atoms with Gasteiger partial charge in [0.1, 0.15) is 11.5 Å². The van der Waals surface area contributed by atoms with E-state index < -0.39 is 5.92 Å². The predicted octanol–water partition coefficient (Wildman–Crippen LogP) is 3.35. The van der Waals surface area contributed by atoms with Gasteiger partial charge in [-0.25, -0.2) is 0 Å². The molecule has 0 spiro atoms. The van der Waals surface area contributed by atoms with Gasteiger partial charge >= 0.3 is 0 Å². The zero-order chi connectivity index (χ0) is 18.7. The Morgan fingerprint density at radius 3 is 2.69 bits per heavy atom. The van der Waals surface area contributed by atoms with Gasteiger partial charge in [0.05, 0.1) is 25.2 Å². The molecule has 7 heteroatoms. The Kier molecular flexibility index (Phi) is 5.32. The standard InChI is InChI=1S/C19H19ClN2O4/c1-25-15-5-3-4-14(10-15)22-11-12(8-18(22)23)19(24)21-13-6-7-17(26-2)16(20)9-13/h3-7,9-10,12H,8,11H2,1-2H3,(H,21,24). The zero-order valence-corrected chi connectivity index (χ0v) is 15.2. The first-order chi connectivity index (χ1) is 12.5. The molecule has 0 radical (unpaired) electrons. The molecule has 1 saturated heterocycles. The van der Waals surface area contributed by atoms with E-state index in [4.69, 9.17) is 21.1 Å². The fourth-order valence-electron chi connectivity index (χ4n) is 2.90. The van der Waals surface area contributed by atoms with Crippen LogP contribution in [0.4, 0.5) is 11.4 Å². The minimum absolute atomic E-state index is 0.0915. The third-order valence-electron chi connectivity index (χ3n) is 4.28. The molecular weight excluding hydrogens is 356 g/mol. The summed E-state index contributed by atoms with van der Waals surface area (Å²) in [7, 11) is 3.10. The molecular formula is C19H19ClN2O4. The summed E-state index contributed by atoms with van der Waals surface area (Å²) in [5, 5.41) is 3.22.